The summed E-state index contributed by atoms with van der Waals surface area (Å²) in [6.45, 7) is 0. The minimum Gasteiger partial charge on any atom is -1.00 e. The first-order chi connectivity index (χ1) is 2.00. The average Bonchev–Trinajstić information content (AvgIpc) is 0.722. The predicted molar refractivity (Wildman–Crippen MR) is 8.72 cm³/mol. The Labute approximate surface area is 124 Å². The fourth-order valence-corrected chi connectivity index (χ4v) is 0. The molecule has 8 heavy (non-hydrogen) atoms. The standard InChI is InChI=1S/K.Mn.Na.H3O4P.H/c;;;1-5(2,3)4;/h;;;(H3,1,2,3,4);/q+1;+2;+1;;-1/p-3. The molecule has 0 amide bonds. The van der Waals surface area contributed by atoms with Crippen molar-refractivity contribution < 1.29 is 119 Å². The minimum atomic E-state index is -5.39. The van der Waals surface area contributed by atoms with Crippen molar-refractivity contribution in [3.8, 4) is 0 Å². The van der Waals surface area contributed by atoms with Crippen molar-refractivity contribution in [3.63, 3.8) is 0 Å². The molecule has 0 N–H and O–H groups in total. The molecular formula is HKMnNaO4P. The van der Waals surface area contributed by atoms with Crippen LogP contribution in [0.4, 0.5) is 0 Å². The third-order valence-corrected chi connectivity index (χ3v) is 0. The van der Waals surface area contributed by atoms with Gasteiger partial charge in [-0.2, -0.15) is 7.82 Å². The van der Waals surface area contributed by atoms with Crippen molar-refractivity contribution in [2.45, 2.75) is 0 Å². The van der Waals surface area contributed by atoms with Crippen molar-refractivity contribution in [3.05, 3.63) is 0 Å². The number of rotatable bonds is 0. The third kappa shape index (κ3) is 59.4. The van der Waals surface area contributed by atoms with Gasteiger partial charge in [0.1, 0.15) is 0 Å². The summed E-state index contributed by atoms with van der Waals surface area (Å²) in [6, 6.07) is 0. The van der Waals surface area contributed by atoms with E-state index in [2.05, 4.69) is 0 Å². The minimum absolute atomic E-state index is 0. The third-order valence-electron chi connectivity index (χ3n) is 0. The molecule has 0 aromatic heterocycles. The first-order valence-corrected chi connectivity index (χ1v) is 2.19. The molecule has 0 fully saturated rings. The van der Waals surface area contributed by atoms with Crippen LogP contribution in [0.25, 0.3) is 0 Å². The van der Waals surface area contributed by atoms with Gasteiger partial charge in [-0.05, 0) is 0 Å². The summed E-state index contributed by atoms with van der Waals surface area (Å²) in [4.78, 5) is 25.6. The Hall–Kier alpha value is 3.27. The van der Waals surface area contributed by atoms with Crippen molar-refractivity contribution in [2.75, 3.05) is 0 Å². The average molecular weight is 213 g/mol. The molecule has 0 aliphatic heterocycles. The van der Waals surface area contributed by atoms with Gasteiger partial charge in [0.05, 0.1) is 0 Å². The van der Waals surface area contributed by atoms with E-state index in [0.29, 0.717) is 0 Å². The van der Waals surface area contributed by atoms with E-state index in [1.54, 1.807) is 0 Å². The van der Waals surface area contributed by atoms with Gasteiger partial charge in [-0.15, -0.1) is 0 Å². The van der Waals surface area contributed by atoms with Crippen LogP contribution >= 0.6 is 7.82 Å². The van der Waals surface area contributed by atoms with Gasteiger partial charge in [0.25, 0.3) is 0 Å². The van der Waals surface area contributed by atoms with Crippen molar-refractivity contribution >= 4 is 7.82 Å². The Kier molecular flexibility index (Phi) is 28.9. The summed E-state index contributed by atoms with van der Waals surface area (Å²) in [5.74, 6) is 0. The Morgan fingerprint density at radius 3 is 1.25 bits per heavy atom. The van der Waals surface area contributed by atoms with Crippen LogP contribution in [0.2, 0.25) is 0 Å². The van der Waals surface area contributed by atoms with Crippen molar-refractivity contribution in [2.24, 2.45) is 0 Å². The monoisotopic (exact) mass is 213 g/mol. The van der Waals surface area contributed by atoms with Gasteiger partial charge in [0.15, 0.2) is 0 Å². The fourth-order valence-electron chi connectivity index (χ4n) is 0. The SMILES string of the molecule is O=P([O-])([O-])[O-].[H-].[K+].[Mn+2].[Na+]. The van der Waals surface area contributed by atoms with Gasteiger partial charge in [0, 0.05) is 0 Å². The smallest absolute Gasteiger partial charge is 1.00 e. The topological polar surface area (TPSA) is 86.2 Å². The molecule has 0 bridgehead atoms. The molecular weight excluding hydrogens is 212 g/mol. The summed E-state index contributed by atoms with van der Waals surface area (Å²) >= 11 is 0. The molecule has 0 saturated heterocycles. The second kappa shape index (κ2) is 10.3. The van der Waals surface area contributed by atoms with Crippen LogP contribution in [0.3, 0.4) is 0 Å². The second-order valence-electron chi connectivity index (χ2n) is 0.447. The first-order valence-electron chi connectivity index (χ1n) is 0.730. The molecule has 0 aromatic rings. The maximum atomic E-state index is 8.55. The zero-order valence-corrected chi connectivity index (χ0v) is 11.7. The summed E-state index contributed by atoms with van der Waals surface area (Å²) < 4.78 is 8.55. The molecule has 0 unspecified atom stereocenters. The molecule has 0 aliphatic carbocycles. The summed E-state index contributed by atoms with van der Waals surface area (Å²) in [6.07, 6.45) is 0. The number of phosphoric acid groups is 1. The summed E-state index contributed by atoms with van der Waals surface area (Å²) in [7, 11) is -5.39. The first kappa shape index (κ1) is 22.5. The van der Waals surface area contributed by atoms with Crippen LogP contribution < -0.4 is 95.6 Å². The molecule has 8 heteroatoms. The van der Waals surface area contributed by atoms with Gasteiger partial charge >= 0.3 is 98.0 Å². The van der Waals surface area contributed by atoms with Gasteiger partial charge in [0.2, 0.25) is 0 Å². The van der Waals surface area contributed by atoms with Crippen molar-refractivity contribution in [1.82, 2.24) is 0 Å². The quantitative estimate of drug-likeness (QED) is 0.295. The van der Waals surface area contributed by atoms with Crippen LogP contribution in [0.1, 0.15) is 1.43 Å². The predicted octanol–water partition coefficient (Wildman–Crippen LogP) is -8.71. The van der Waals surface area contributed by atoms with Crippen LogP contribution in [0.5, 0.6) is 0 Å². The molecule has 0 heterocycles. The molecule has 39 valence electrons. The Balaban J connectivity index is -0.0000000133. The van der Waals surface area contributed by atoms with Gasteiger partial charge in [-0.25, -0.2) is 0 Å². The van der Waals surface area contributed by atoms with Crippen LogP contribution in [0, 0.1) is 0 Å². The fraction of sp³-hybridized carbons (Fsp3) is 0. The second-order valence-corrected chi connectivity index (χ2v) is 1.34. The largest absolute Gasteiger partial charge is 2.00 e. The van der Waals surface area contributed by atoms with Gasteiger partial charge in [-0.1, -0.05) is 0 Å². The van der Waals surface area contributed by atoms with Crippen LogP contribution in [-0.4, -0.2) is 0 Å². The van der Waals surface area contributed by atoms with E-state index >= 15 is 0 Å². The van der Waals surface area contributed by atoms with E-state index in [0.717, 1.165) is 0 Å². The zero-order chi connectivity index (χ0) is 4.50. The number of hydrogen-bond acceptors (Lipinski definition) is 4. The molecule has 0 aromatic carbocycles. The Bertz CT molecular complexity index is 66.7. The molecule has 0 atom stereocenters. The maximum absolute atomic E-state index is 8.55. The molecule has 0 spiro atoms. The van der Waals surface area contributed by atoms with E-state index in [-0.39, 0.29) is 99.4 Å². The van der Waals surface area contributed by atoms with E-state index < -0.39 is 7.82 Å². The van der Waals surface area contributed by atoms with E-state index in [4.69, 9.17) is 19.2 Å². The number of hydrogen-bond donors (Lipinski definition) is 0. The molecule has 0 saturated carbocycles. The normalized spacial score (nSPS) is 7.38. The molecule has 0 aliphatic rings. The van der Waals surface area contributed by atoms with E-state index in [1.807, 2.05) is 0 Å². The van der Waals surface area contributed by atoms with Gasteiger partial charge in [-0.3, -0.25) is 0 Å². The maximum Gasteiger partial charge on any atom is 2.00 e. The van der Waals surface area contributed by atoms with E-state index in [9.17, 15) is 0 Å². The summed E-state index contributed by atoms with van der Waals surface area (Å²) in [5.41, 5.74) is 0. The molecule has 1 radical (unpaired) electrons. The Morgan fingerprint density at radius 2 is 1.25 bits per heavy atom. The van der Waals surface area contributed by atoms with Crippen LogP contribution in [0.15, 0.2) is 0 Å². The zero-order valence-electron chi connectivity index (χ0n) is 5.46. The molecule has 0 rings (SSSR count). The Morgan fingerprint density at radius 1 is 1.25 bits per heavy atom. The van der Waals surface area contributed by atoms with Gasteiger partial charge < -0.3 is 20.7 Å². The van der Waals surface area contributed by atoms with E-state index in [1.165, 1.54) is 0 Å². The summed E-state index contributed by atoms with van der Waals surface area (Å²) in [5, 5.41) is 0. The van der Waals surface area contributed by atoms with Crippen LogP contribution in [-0.2, 0) is 21.6 Å². The van der Waals surface area contributed by atoms with Crippen molar-refractivity contribution in [1.29, 1.82) is 0 Å². The molecule has 4 nitrogen and oxygen atoms in total.